The molecule has 7 rings (SSSR count). The van der Waals surface area contributed by atoms with Gasteiger partial charge in [0.15, 0.2) is 0 Å². The van der Waals surface area contributed by atoms with Crippen LogP contribution >= 0.6 is 0 Å². The highest BCUT2D eigenvalue weighted by molar-refractivity contribution is 6.01. The molecule has 1 spiro atoms. The number of hydrogen-bond donors (Lipinski definition) is 3. The number of hydrogen-bond acceptors (Lipinski definition) is 11. The predicted octanol–water partition coefficient (Wildman–Crippen LogP) is 2.59. The van der Waals surface area contributed by atoms with Gasteiger partial charge in [-0.1, -0.05) is 19.1 Å². The zero-order chi connectivity index (χ0) is 35.8. The molecule has 276 valence electrons. The van der Waals surface area contributed by atoms with Crippen LogP contribution in [0.1, 0.15) is 55.8 Å². The van der Waals surface area contributed by atoms with Crippen molar-refractivity contribution >= 4 is 23.5 Å². The largest absolute Gasteiger partial charge is 0.481 e. The average Bonchev–Trinajstić information content (AvgIpc) is 3.52. The fourth-order valence-corrected chi connectivity index (χ4v) is 12.8. The van der Waals surface area contributed by atoms with E-state index in [2.05, 4.69) is 17.1 Å². The van der Waals surface area contributed by atoms with Crippen LogP contribution in [0.25, 0.3) is 0 Å². The number of methoxy groups -OCH3 is 5. The number of likely N-dealkylation sites (tertiary alicyclic amines) is 1. The molecule has 1 amide bonds. The third kappa shape index (κ3) is 4.46. The third-order valence-electron chi connectivity index (χ3n) is 14.1. The van der Waals surface area contributed by atoms with Gasteiger partial charge >= 0.3 is 11.9 Å². The molecule has 9 unspecified atom stereocenters. The van der Waals surface area contributed by atoms with Crippen molar-refractivity contribution in [2.45, 2.75) is 87.1 Å². The highest BCUT2D eigenvalue weighted by Crippen LogP contribution is 2.81. The number of rotatable bonds is 13. The maximum absolute atomic E-state index is 13.9. The molecular formula is C37H52N2O11. The Kier molecular flexibility index (Phi) is 9.14. The highest BCUT2D eigenvalue weighted by atomic mass is 16.6. The maximum atomic E-state index is 13.9. The first-order chi connectivity index (χ1) is 24.0. The van der Waals surface area contributed by atoms with Crippen molar-refractivity contribution < 1.29 is 53.0 Å². The normalized spacial score (nSPS) is 43.8. The van der Waals surface area contributed by atoms with Crippen LogP contribution < -0.4 is 5.32 Å². The van der Waals surface area contributed by atoms with Crippen LogP contribution in [0.2, 0.25) is 0 Å². The number of piperidine rings is 1. The van der Waals surface area contributed by atoms with Crippen molar-refractivity contribution in [3.8, 4) is 0 Å². The van der Waals surface area contributed by atoms with Crippen LogP contribution in [0.5, 0.6) is 0 Å². The second-order valence-electron chi connectivity index (χ2n) is 15.4. The molecule has 1 saturated heterocycles. The summed E-state index contributed by atoms with van der Waals surface area (Å²) in [5, 5.41) is 25.4. The van der Waals surface area contributed by atoms with E-state index in [1.54, 1.807) is 59.8 Å². The number of carbonyl (C=O) groups is 3. The van der Waals surface area contributed by atoms with Crippen LogP contribution in [-0.2, 0) is 38.0 Å². The van der Waals surface area contributed by atoms with Gasteiger partial charge in [0.2, 0.25) is 5.91 Å². The lowest BCUT2D eigenvalue weighted by Gasteiger charge is -2.70. The summed E-state index contributed by atoms with van der Waals surface area (Å²) < 4.78 is 38.4. The number of carboxylic acid groups (broad SMARTS) is 1. The summed E-state index contributed by atoms with van der Waals surface area (Å²) in [4.78, 5) is 39.8. The Labute approximate surface area is 293 Å². The number of esters is 1. The van der Waals surface area contributed by atoms with Gasteiger partial charge in [0, 0.05) is 83.5 Å². The summed E-state index contributed by atoms with van der Waals surface area (Å²) in [5.41, 5.74) is -3.23. The van der Waals surface area contributed by atoms with E-state index in [-0.39, 0.29) is 78.7 Å². The number of aliphatic carboxylic acids is 1. The summed E-state index contributed by atoms with van der Waals surface area (Å²) in [6.45, 7) is 3.42. The molecule has 0 aromatic heterocycles. The zero-order valence-corrected chi connectivity index (χ0v) is 29.9. The Morgan fingerprint density at radius 3 is 2.42 bits per heavy atom. The predicted molar refractivity (Wildman–Crippen MR) is 178 cm³/mol. The van der Waals surface area contributed by atoms with E-state index in [1.807, 2.05) is 0 Å². The summed E-state index contributed by atoms with van der Waals surface area (Å²) in [6.07, 6.45) is 0.980. The van der Waals surface area contributed by atoms with Gasteiger partial charge in [-0.2, -0.15) is 0 Å². The van der Waals surface area contributed by atoms with Gasteiger partial charge in [-0.05, 0) is 43.9 Å². The molecule has 6 aliphatic rings. The Hall–Kier alpha value is -2.65. The van der Waals surface area contributed by atoms with Crippen LogP contribution in [0.4, 0.5) is 5.69 Å². The third-order valence-corrected chi connectivity index (χ3v) is 14.1. The van der Waals surface area contributed by atoms with Gasteiger partial charge in [-0.3, -0.25) is 14.5 Å². The molecule has 5 aliphatic carbocycles. The lowest BCUT2D eigenvalue weighted by Crippen LogP contribution is -2.82. The molecule has 13 atom stereocenters. The molecule has 5 saturated carbocycles. The quantitative estimate of drug-likeness (QED) is 0.259. The molecule has 1 aliphatic heterocycles. The van der Waals surface area contributed by atoms with Gasteiger partial charge in [0.1, 0.15) is 11.2 Å². The molecule has 1 heterocycles. The van der Waals surface area contributed by atoms with Crippen LogP contribution in [0.3, 0.4) is 0 Å². The Morgan fingerprint density at radius 2 is 1.78 bits per heavy atom. The number of anilines is 1. The van der Waals surface area contributed by atoms with Gasteiger partial charge in [0.25, 0.3) is 0 Å². The van der Waals surface area contributed by atoms with Gasteiger partial charge in [-0.15, -0.1) is 0 Å². The van der Waals surface area contributed by atoms with E-state index in [0.717, 1.165) is 12.8 Å². The molecule has 1 aromatic rings. The molecule has 1 aromatic carbocycles. The molecule has 6 fully saturated rings. The van der Waals surface area contributed by atoms with E-state index in [0.29, 0.717) is 25.9 Å². The van der Waals surface area contributed by atoms with Crippen molar-refractivity contribution in [3.63, 3.8) is 0 Å². The number of carboxylic acids is 1. The summed E-state index contributed by atoms with van der Waals surface area (Å²) in [7, 11) is 8.61. The second kappa shape index (κ2) is 12.8. The van der Waals surface area contributed by atoms with E-state index in [1.165, 1.54) is 0 Å². The smallest absolute Gasteiger partial charge is 0.340 e. The minimum absolute atomic E-state index is 0.0457. The van der Waals surface area contributed by atoms with E-state index in [9.17, 15) is 19.5 Å². The number of aliphatic hydroxyl groups is 1. The van der Waals surface area contributed by atoms with Crippen molar-refractivity contribution in [2.75, 3.05) is 60.6 Å². The fraction of sp³-hybridized carbons (Fsp3) is 0.757. The van der Waals surface area contributed by atoms with Crippen molar-refractivity contribution in [1.82, 2.24) is 4.90 Å². The number of nitrogens with one attached hydrogen (secondary N) is 1. The summed E-state index contributed by atoms with van der Waals surface area (Å²) >= 11 is 0. The fourth-order valence-electron chi connectivity index (χ4n) is 12.8. The van der Waals surface area contributed by atoms with Gasteiger partial charge < -0.3 is 44.0 Å². The van der Waals surface area contributed by atoms with Crippen molar-refractivity contribution in [1.29, 1.82) is 0 Å². The number of amides is 1. The summed E-state index contributed by atoms with van der Waals surface area (Å²) in [6, 6.07) is 6.23. The standard InChI is InChI=1S/C37H52N2O11/c1-7-39-18-34(19-50-32(43)20-10-8-9-11-23(20)38-26(40)12-13-27(41)42)15-14-25(46-3)36-22-16-21-24(45-2)17-35(49-6,28(22)29(21)47-4)37(44,33(36)39)31(48-5)30(34)36/h8-11,21-22,24-25,28-31,33,44H,7,12-19H2,1-6H3,(H,38,40)(H,41,42)/t21?,22?,24-,25?,28?,29?,30+,31?,33?,34-,35+,36?,37?/m0/s1. The first-order valence-corrected chi connectivity index (χ1v) is 17.9. The Morgan fingerprint density at radius 1 is 1.02 bits per heavy atom. The number of ether oxygens (including phenoxy) is 6. The molecular weight excluding hydrogens is 648 g/mol. The molecule has 13 nitrogen and oxygen atoms in total. The average molecular weight is 701 g/mol. The number of para-hydroxylation sites is 1. The Balaban J connectivity index is 1.31. The van der Waals surface area contributed by atoms with Gasteiger partial charge in [-0.25, -0.2) is 4.79 Å². The topological polar surface area (TPSA) is 162 Å². The minimum Gasteiger partial charge on any atom is -0.481 e. The first-order valence-electron chi connectivity index (χ1n) is 17.9. The first kappa shape index (κ1) is 35.7. The van der Waals surface area contributed by atoms with E-state index in [4.69, 9.17) is 33.5 Å². The van der Waals surface area contributed by atoms with Gasteiger partial charge in [0.05, 0.1) is 54.7 Å². The molecule has 13 heteroatoms. The number of fused-ring (bicyclic) bond motifs is 2. The number of benzene rings is 1. The van der Waals surface area contributed by atoms with E-state index < -0.39 is 46.0 Å². The molecule has 3 N–H and O–H groups in total. The second-order valence-corrected chi connectivity index (χ2v) is 15.4. The number of carbonyl (C=O) groups excluding carboxylic acids is 2. The number of likely N-dealkylation sites (N-methyl/N-ethyl adjacent to an activating group) is 1. The maximum Gasteiger partial charge on any atom is 0.340 e. The molecule has 7 bridgehead atoms. The number of nitrogens with zero attached hydrogens (tertiary/aromatic N) is 1. The SMILES string of the molecule is CCN1C[C@]2(COC(=O)c3ccccc3NC(=O)CCC(=O)O)CCC(OC)C34C5CC6C(OC)C5[C@](OC)(C[C@@H]6OC)C(O)(C(OC)[C@@H]32)C14. The lowest BCUT2D eigenvalue weighted by atomic mass is 9.42. The van der Waals surface area contributed by atoms with Crippen molar-refractivity contribution in [2.24, 2.45) is 34.5 Å². The Bertz CT molecular complexity index is 1510. The van der Waals surface area contributed by atoms with Crippen LogP contribution in [0, 0.1) is 34.5 Å². The van der Waals surface area contributed by atoms with Crippen LogP contribution in [0.15, 0.2) is 24.3 Å². The zero-order valence-electron chi connectivity index (χ0n) is 29.9. The monoisotopic (exact) mass is 700 g/mol. The van der Waals surface area contributed by atoms with Crippen molar-refractivity contribution in [3.05, 3.63) is 29.8 Å². The van der Waals surface area contributed by atoms with Crippen LogP contribution in [-0.4, -0.2) is 130 Å². The lowest BCUT2D eigenvalue weighted by molar-refractivity contribution is -0.326. The van der Waals surface area contributed by atoms with E-state index >= 15 is 0 Å². The molecule has 50 heavy (non-hydrogen) atoms. The summed E-state index contributed by atoms with van der Waals surface area (Å²) in [5.74, 6) is -2.39. The minimum atomic E-state index is -1.47. The highest BCUT2D eigenvalue weighted by Gasteiger charge is 2.92. The molecule has 0 radical (unpaired) electrons.